The number of rotatable bonds is 9. The van der Waals surface area contributed by atoms with Crippen molar-refractivity contribution in [1.29, 1.82) is 0 Å². The largest absolute Gasteiger partial charge is 0.375 e. The molecule has 1 heterocycles. The van der Waals surface area contributed by atoms with Crippen LogP contribution in [0, 0.1) is 17.8 Å². The van der Waals surface area contributed by atoms with E-state index in [9.17, 15) is 14.4 Å². The van der Waals surface area contributed by atoms with E-state index in [1.807, 2.05) is 27.7 Å². The van der Waals surface area contributed by atoms with Gasteiger partial charge in [-0.2, -0.15) is 0 Å². The zero-order valence-corrected chi connectivity index (χ0v) is 14.8. The van der Waals surface area contributed by atoms with Crippen molar-refractivity contribution in [3.8, 4) is 12.3 Å². The highest BCUT2D eigenvalue weighted by Gasteiger charge is 2.29. The molecule has 132 valence electrons. The van der Waals surface area contributed by atoms with E-state index in [1.165, 1.54) is 12.2 Å². The Morgan fingerprint density at radius 1 is 1.25 bits per heavy atom. The monoisotopic (exact) mass is 334 g/mol. The molecule has 0 aliphatic carbocycles. The van der Waals surface area contributed by atoms with Crippen LogP contribution in [0.5, 0.6) is 0 Å². The fraction of sp³-hybridized carbons (Fsp3) is 0.611. The van der Waals surface area contributed by atoms with Gasteiger partial charge in [0.25, 0.3) is 11.8 Å². The van der Waals surface area contributed by atoms with Gasteiger partial charge in [0.1, 0.15) is 0 Å². The predicted molar refractivity (Wildman–Crippen MR) is 90.7 cm³/mol. The smallest absolute Gasteiger partial charge is 0.253 e. The van der Waals surface area contributed by atoms with Crippen molar-refractivity contribution in [3.63, 3.8) is 0 Å². The van der Waals surface area contributed by atoms with E-state index in [4.69, 9.17) is 11.2 Å². The third-order valence-corrected chi connectivity index (χ3v) is 3.88. The molecule has 0 aromatic rings. The van der Waals surface area contributed by atoms with Gasteiger partial charge in [0, 0.05) is 43.7 Å². The van der Waals surface area contributed by atoms with E-state index in [0.717, 1.165) is 4.90 Å². The molecule has 1 rings (SSSR count). The molecule has 0 saturated carbocycles. The molecule has 0 aromatic carbocycles. The fourth-order valence-corrected chi connectivity index (χ4v) is 2.16. The Morgan fingerprint density at radius 2 is 1.83 bits per heavy atom. The molecule has 0 saturated heterocycles. The number of carbonyl (C=O) groups excluding carboxylic acids is 3. The lowest BCUT2D eigenvalue weighted by molar-refractivity contribution is -0.138. The van der Waals surface area contributed by atoms with Crippen LogP contribution in [0.4, 0.5) is 0 Å². The SMILES string of the molecule is C#CCC(C)(C)OCCC(C)(C)C(=O)NCCN1C(=O)C=CC1=O. The van der Waals surface area contributed by atoms with E-state index in [2.05, 4.69) is 11.2 Å². The second-order valence-corrected chi connectivity index (χ2v) is 7.04. The average Bonchev–Trinajstić information content (AvgIpc) is 2.78. The number of terminal acetylenes is 1. The molecule has 0 fully saturated rings. The zero-order valence-electron chi connectivity index (χ0n) is 14.8. The Morgan fingerprint density at radius 3 is 2.38 bits per heavy atom. The molecule has 24 heavy (non-hydrogen) atoms. The molecule has 1 N–H and O–H groups in total. The molecule has 0 atom stereocenters. The minimum absolute atomic E-state index is 0.145. The topological polar surface area (TPSA) is 75.7 Å². The van der Waals surface area contributed by atoms with Crippen LogP contribution in [-0.2, 0) is 19.1 Å². The van der Waals surface area contributed by atoms with Gasteiger partial charge in [-0.05, 0) is 20.3 Å². The van der Waals surface area contributed by atoms with Gasteiger partial charge in [0.15, 0.2) is 0 Å². The van der Waals surface area contributed by atoms with Gasteiger partial charge in [0.05, 0.1) is 5.60 Å². The van der Waals surface area contributed by atoms with Gasteiger partial charge >= 0.3 is 0 Å². The van der Waals surface area contributed by atoms with Crippen LogP contribution in [-0.4, -0.2) is 47.9 Å². The molecule has 6 heteroatoms. The lowest BCUT2D eigenvalue weighted by Crippen LogP contribution is -2.43. The van der Waals surface area contributed by atoms with Gasteiger partial charge in [0.2, 0.25) is 5.91 Å². The molecule has 6 nitrogen and oxygen atoms in total. The van der Waals surface area contributed by atoms with Crippen LogP contribution in [0.15, 0.2) is 12.2 Å². The van der Waals surface area contributed by atoms with E-state index in [-0.39, 0.29) is 30.8 Å². The molecule has 1 aliphatic rings. The van der Waals surface area contributed by atoms with Crippen molar-refractivity contribution in [2.45, 2.75) is 46.1 Å². The maximum Gasteiger partial charge on any atom is 0.253 e. The van der Waals surface area contributed by atoms with Crippen molar-refractivity contribution in [2.75, 3.05) is 19.7 Å². The minimum Gasteiger partial charge on any atom is -0.375 e. The molecule has 0 bridgehead atoms. The summed E-state index contributed by atoms with van der Waals surface area (Å²) in [5, 5.41) is 2.76. The first-order valence-electron chi connectivity index (χ1n) is 7.98. The highest BCUT2D eigenvalue weighted by atomic mass is 16.5. The fourth-order valence-electron chi connectivity index (χ4n) is 2.16. The molecule has 0 unspecified atom stereocenters. The second kappa shape index (κ2) is 8.11. The second-order valence-electron chi connectivity index (χ2n) is 7.04. The van der Waals surface area contributed by atoms with Crippen LogP contribution in [0.2, 0.25) is 0 Å². The van der Waals surface area contributed by atoms with E-state index in [0.29, 0.717) is 19.4 Å². The Labute approximate surface area is 143 Å². The highest BCUT2D eigenvalue weighted by molar-refractivity contribution is 6.12. The normalized spacial score (nSPS) is 14.9. The van der Waals surface area contributed by atoms with E-state index >= 15 is 0 Å². The summed E-state index contributed by atoms with van der Waals surface area (Å²) in [6.45, 7) is 8.29. The maximum absolute atomic E-state index is 12.3. The standard InChI is InChI=1S/C18H26N2O4/c1-6-9-18(4,5)24-13-10-17(2,3)16(23)19-11-12-20-14(21)7-8-15(20)22/h1,7-8H,9-13H2,2-5H3,(H,19,23). The van der Waals surface area contributed by atoms with Crippen molar-refractivity contribution < 1.29 is 19.1 Å². The number of nitrogens with zero attached hydrogens (tertiary/aromatic N) is 1. The first-order chi connectivity index (χ1) is 11.1. The van der Waals surface area contributed by atoms with Crippen molar-refractivity contribution >= 4 is 17.7 Å². The average molecular weight is 334 g/mol. The molecule has 0 radical (unpaired) electrons. The predicted octanol–water partition coefficient (Wildman–Crippen LogP) is 1.26. The number of ether oxygens (including phenoxy) is 1. The van der Waals surface area contributed by atoms with Crippen LogP contribution in [0.25, 0.3) is 0 Å². The summed E-state index contributed by atoms with van der Waals surface area (Å²) in [5.74, 6) is 1.73. The lowest BCUT2D eigenvalue weighted by atomic mass is 9.88. The van der Waals surface area contributed by atoms with Crippen molar-refractivity contribution in [1.82, 2.24) is 10.2 Å². The zero-order chi connectivity index (χ0) is 18.4. The van der Waals surface area contributed by atoms with Crippen molar-refractivity contribution in [3.05, 3.63) is 12.2 Å². The number of amides is 3. The third kappa shape index (κ3) is 5.82. The minimum atomic E-state index is -0.622. The van der Waals surface area contributed by atoms with Gasteiger partial charge in [-0.3, -0.25) is 19.3 Å². The first kappa shape index (κ1) is 19.9. The van der Waals surface area contributed by atoms with Crippen LogP contribution in [0.1, 0.15) is 40.5 Å². The van der Waals surface area contributed by atoms with Crippen LogP contribution >= 0.6 is 0 Å². The van der Waals surface area contributed by atoms with Gasteiger partial charge in [-0.1, -0.05) is 13.8 Å². The number of imide groups is 1. The number of hydrogen-bond acceptors (Lipinski definition) is 4. The Balaban J connectivity index is 2.36. The summed E-state index contributed by atoms with van der Waals surface area (Å²) >= 11 is 0. The summed E-state index contributed by atoms with van der Waals surface area (Å²) in [7, 11) is 0. The van der Waals surface area contributed by atoms with E-state index < -0.39 is 11.0 Å². The summed E-state index contributed by atoms with van der Waals surface area (Å²) in [6.07, 6.45) is 8.79. The van der Waals surface area contributed by atoms with Crippen molar-refractivity contribution in [2.24, 2.45) is 5.41 Å². The molecule has 3 amide bonds. The molecule has 0 spiro atoms. The molecule has 1 aliphatic heterocycles. The molecule has 0 aromatic heterocycles. The number of nitrogens with one attached hydrogen (secondary N) is 1. The maximum atomic E-state index is 12.3. The summed E-state index contributed by atoms with van der Waals surface area (Å²) < 4.78 is 5.74. The molecular weight excluding hydrogens is 308 g/mol. The quantitative estimate of drug-likeness (QED) is 0.509. The summed E-state index contributed by atoms with van der Waals surface area (Å²) in [6, 6.07) is 0. The number of carbonyl (C=O) groups is 3. The Kier molecular flexibility index (Phi) is 6.73. The van der Waals surface area contributed by atoms with Gasteiger partial charge in [-0.15, -0.1) is 12.3 Å². The highest BCUT2D eigenvalue weighted by Crippen LogP contribution is 2.23. The summed E-state index contributed by atoms with van der Waals surface area (Å²) in [5.41, 5.74) is -1.03. The van der Waals surface area contributed by atoms with Gasteiger partial charge < -0.3 is 10.1 Å². The number of hydrogen-bond donors (Lipinski definition) is 1. The Bertz CT molecular complexity index is 552. The third-order valence-electron chi connectivity index (χ3n) is 3.88. The lowest BCUT2D eigenvalue weighted by Gasteiger charge is -2.28. The van der Waals surface area contributed by atoms with Crippen LogP contribution in [0.3, 0.4) is 0 Å². The summed E-state index contributed by atoms with van der Waals surface area (Å²) in [4.78, 5) is 36.2. The van der Waals surface area contributed by atoms with E-state index in [1.54, 1.807) is 0 Å². The Hall–Kier alpha value is -2.13. The van der Waals surface area contributed by atoms with Gasteiger partial charge in [-0.25, -0.2) is 0 Å². The molecular formula is C18H26N2O4. The first-order valence-corrected chi connectivity index (χ1v) is 7.98. The van der Waals surface area contributed by atoms with Crippen LogP contribution < -0.4 is 5.32 Å².